The van der Waals surface area contributed by atoms with E-state index in [0.29, 0.717) is 19.6 Å². The summed E-state index contributed by atoms with van der Waals surface area (Å²) in [5, 5.41) is 13.8. The van der Waals surface area contributed by atoms with E-state index in [1.807, 2.05) is 0 Å². The zero-order chi connectivity index (χ0) is 16.8. The summed E-state index contributed by atoms with van der Waals surface area (Å²) in [7, 11) is -1.13. The number of aliphatic hydroxyl groups excluding tert-OH is 1. The van der Waals surface area contributed by atoms with Crippen LogP contribution in [-0.2, 0) is 22.6 Å². The molecule has 0 spiro atoms. The van der Waals surface area contributed by atoms with E-state index < -0.39 is 20.1 Å². The molecule has 1 atom stereocenters. The molecule has 1 aromatic heterocycles. The fourth-order valence-electron chi connectivity index (χ4n) is 1.87. The first-order chi connectivity index (χ1) is 10.2. The Morgan fingerprint density at radius 3 is 2.68 bits per heavy atom. The number of aliphatic hydroxyl groups is 1. The molecule has 0 aliphatic rings. The average molecular weight is 328 g/mol. The van der Waals surface area contributed by atoms with Crippen LogP contribution in [-0.4, -0.2) is 48.2 Å². The lowest BCUT2D eigenvalue weighted by Gasteiger charge is -2.16. The van der Waals surface area contributed by atoms with Crippen LogP contribution in [0.2, 0.25) is 25.7 Å². The lowest BCUT2D eigenvalue weighted by molar-refractivity contribution is 0.0510. The Hall–Kier alpha value is -1.18. The molecule has 126 valence electrons. The van der Waals surface area contributed by atoms with Crippen molar-refractivity contribution in [2.75, 3.05) is 13.2 Å². The molecule has 1 unspecified atom stereocenters. The van der Waals surface area contributed by atoms with Crippen LogP contribution < -0.4 is 0 Å². The van der Waals surface area contributed by atoms with E-state index >= 15 is 0 Å². The molecule has 1 heterocycles. The molecule has 22 heavy (non-hydrogen) atoms. The molecule has 1 rings (SSSR count). The molecule has 1 aromatic rings. The van der Waals surface area contributed by atoms with Gasteiger partial charge in [-0.1, -0.05) is 19.6 Å². The van der Waals surface area contributed by atoms with E-state index in [1.54, 1.807) is 24.6 Å². The van der Waals surface area contributed by atoms with Gasteiger partial charge in [0.1, 0.15) is 6.73 Å². The molecule has 0 aliphatic heterocycles. The molecular formula is C15H28N2O4Si. The van der Waals surface area contributed by atoms with E-state index in [1.165, 1.54) is 0 Å². The Morgan fingerprint density at radius 2 is 2.14 bits per heavy atom. The van der Waals surface area contributed by atoms with Gasteiger partial charge in [-0.25, -0.2) is 9.48 Å². The van der Waals surface area contributed by atoms with E-state index in [4.69, 9.17) is 9.47 Å². The van der Waals surface area contributed by atoms with E-state index in [-0.39, 0.29) is 12.4 Å². The third kappa shape index (κ3) is 6.72. The van der Waals surface area contributed by atoms with Crippen LogP contribution in [0, 0.1) is 0 Å². The Bertz CT molecular complexity index is 480. The van der Waals surface area contributed by atoms with Crippen molar-refractivity contribution in [1.82, 2.24) is 9.78 Å². The van der Waals surface area contributed by atoms with Crippen molar-refractivity contribution >= 4 is 14.0 Å². The third-order valence-electron chi connectivity index (χ3n) is 3.06. The van der Waals surface area contributed by atoms with Gasteiger partial charge in [0.25, 0.3) is 0 Å². The number of carbonyl (C=O) groups is 1. The number of aromatic nitrogens is 2. The van der Waals surface area contributed by atoms with Gasteiger partial charge in [0.2, 0.25) is 0 Å². The molecule has 0 amide bonds. The zero-order valence-corrected chi connectivity index (χ0v) is 15.3. The van der Waals surface area contributed by atoms with Gasteiger partial charge in [0, 0.05) is 26.8 Å². The monoisotopic (exact) mass is 328 g/mol. The van der Waals surface area contributed by atoms with Crippen LogP contribution in [0.25, 0.3) is 0 Å². The molecule has 1 N–H and O–H groups in total. The van der Waals surface area contributed by atoms with Crippen molar-refractivity contribution in [3.8, 4) is 0 Å². The van der Waals surface area contributed by atoms with Gasteiger partial charge >= 0.3 is 5.97 Å². The van der Waals surface area contributed by atoms with Crippen molar-refractivity contribution < 1.29 is 19.4 Å². The first-order valence-electron chi connectivity index (χ1n) is 7.72. The lowest BCUT2D eigenvalue weighted by atomic mass is 10.2. The number of ether oxygens (including phenoxy) is 2. The summed E-state index contributed by atoms with van der Waals surface area (Å²) >= 11 is 0. The van der Waals surface area contributed by atoms with Crippen LogP contribution >= 0.6 is 0 Å². The number of nitrogens with zero attached hydrogens (tertiary/aromatic N) is 2. The summed E-state index contributed by atoms with van der Waals surface area (Å²) in [5.74, 6) is -0.449. The number of esters is 1. The maximum atomic E-state index is 11.8. The standard InChI is InChI=1S/C15H28N2O4Si/c1-6-21-15(19)14-10-13(9-12(2)18)17(16-14)11-20-7-8-22(3,4)5/h10,12,18H,6-9,11H2,1-5H3. The van der Waals surface area contributed by atoms with Crippen molar-refractivity contribution in [3.63, 3.8) is 0 Å². The fraction of sp³-hybridized carbons (Fsp3) is 0.733. The minimum Gasteiger partial charge on any atom is -0.461 e. The number of hydrogen-bond donors (Lipinski definition) is 1. The van der Waals surface area contributed by atoms with Crippen molar-refractivity contribution in [1.29, 1.82) is 0 Å². The lowest BCUT2D eigenvalue weighted by Crippen LogP contribution is -2.22. The first kappa shape index (κ1) is 18.9. The van der Waals surface area contributed by atoms with Crippen LogP contribution in [0.1, 0.15) is 30.0 Å². The van der Waals surface area contributed by atoms with Gasteiger partial charge in [-0.3, -0.25) is 0 Å². The second kappa shape index (κ2) is 8.45. The highest BCUT2D eigenvalue weighted by molar-refractivity contribution is 6.76. The minimum atomic E-state index is -1.13. The van der Waals surface area contributed by atoms with E-state index in [2.05, 4.69) is 24.7 Å². The van der Waals surface area contributed by atoms with E-state index in [0.717, 1.165) is 11.7 Å². The van der Waals surface area contributed by atoms with Gasteiger partial charge in [0.15, 0.2) is 5.69 Å². The SMILES string of the molecule is CCOC(=O)c1cc(CC(C)O)n(COCC[Si](C)(C)C)n1. The van der Waals surface area contributed by atoms with Gasteiger partial charge in [-0.15, -0.1) is 0 Å². The second-order valence-electron chi connectivity index (χ2n) is 6.64. The molecule has 0 aromatic carbocycles. The number of rotatable bonds is 9. The summed E-state index contributed by atoms with van der Waals surface area (Å²) in [6.07, 6.45) is -0.0865. The van der Waals surface area contributed by atoms with Crippen LogP contribution in [0.4, 0.5) is 0 Å². The van der Waals surface area contributed by atoms with Crippen molar-refractivity contribution in [2.45, 2.75) is 58.8 Å². The van der Waals surface area contributed by atoms with Crippen LogP contribution in [0.3, 0.4) is 0 Å². The Kier molecular flexibility index (Phi) is 7.25. The van der Waals surface area contributed by atoms with Crippen LogP contribution in [0.5, 0.6) is 0 Å². The number of carbonyl (C=O) groups excluding carboxylic acids is 1. The summed E-state index contributed by atoms with van der Waals surface area (Å²) in [4.78, 5) is 11.8. The molecule has 0 saturated carbocycles. The maximum absolute atomic E-state index is 11.8. The predicted molar refractivity (Wildman–Crippen MR) is 87.7 cm³/mol. The minimum absolute atomic E-state index is 0.256. The zero-order valence-electron chi connectivity index (χ0n) is 14.3. The molecular weight excluding hydrogens is 300 g/mol. The van der Waals surface area contributed by atoms with Gasteiger partial charge < -0.3 is 14.6 Å². The quantitative estimate of drug-likeness (QED) is 0.428. The van der Waals surface area contributed by atoms with Gasteiger partial charge in [-0.05, 0) is 26.0 Å². The largest absolute Gasteiger partial charge is 0.461 e. The molecule has 0 aliphatic carbocycles. The van der Waals surface area contributed by atoms with Crippen molar-refractivity contribution in [2.24, 2.45) is 0 Å². The maximum Gasteiger partial charge on any atom is 0.358 e. The molecule has 7 heteroatoms. The topological polar surface area (TPSA) is 73.6 Å². The normalized spacial score (nSPS) is 13.2. The summed E-state index contributed by atoms with van der Waals surface area (Å²) in [6, 6.07) is 2.73. The molecule has 0 fully saturated rings. The second-order valence-corrected chi connectivity index (χ2v) is 12.3. The molecule has 0 bridgehead atoms. The average Bonchev–Trinajstić information content (AvgIpc) is 2.76. The smallest absolute Gasteiger partial charge is 0.358 e. The third-order valence-corrected chi connectivity index (χ3v) is 4.77. The Morgan fingerprint density at radius 1 is 1.45 bits per heavy atom. The fourth-order valence-corrected chi connectivity index (χ4v) is 2.63. The van der Waals surface area contributed by atoms with Crippen molar-refractivity contribution in [3.05, 3.63) is 17.5 Å². The first-order valence-corrected chi connectivity index (χ1v) is 11.4. The Labute approximate surface area is 133 Å². The number of hydrogen-bond acceptors (Lipinski definition) is 5. The molecule has 0 saturated heterocycles. The highest BCUT2D eigenvalue weighted by Gasteiger charge is 2.17. The summed E-state index contributed by atoms with van der Waals surface area (Å²) in [6.45, 7) is 11.6. The summed E-state index contributed by atoms with van der Waals surface area (Å²) in [5.41, 5.74) is 1.03. The summed E-state index contributed by atoms with van der Waals surface area (Å²) < 4.78 is 12.3. The van der Waals surface area contributed by atoms with Gasteiger partial charge in [0.05, 0.1) is 12.7 Å². The highest BCUT2D eigenvalue weighted by atomic mass is 28.3. The predicted octanol–water partition coefficient (Wildman–Crippen LogP) is 2.30. The highest BCUT2D eigenvalue weighted by Crippen LogP contribution is 2.11. The molecule has 0 radical (unpaired) electrons. The van der Waals surface area contributed by atoms with Gasteiger partial charge in [-0.2, -0.15) is 5.10 Å². The molecule has 6 nitrogen and oxygen atoms in total. The van der Waals surface area contributed by atoms with E-state index in [9.17, 15) is 9.90 Å². The van der Waals surface area contributed by atoms with Crippen LogP contribution in [0.15, 0.2) is 6.07 Å². The Balaban J connectivity index is 2.71.